The van der Waals surface area contributed by atoms with Crippen LogP contribution in [0.3, 0.4) is 0 Å². The molecule has 1 aliphatic heterocycles. The Kier molecular flexibility index (Phi) is 5.89. The zero-order valence-electron chi connectivity index (χ0n) is 13.3. The van der Waals surface area contributed by atoms with Crippen LogP contribution in [0.5, 0.6) is 0 Å². The maximum Gasteiger partial charge on any atom is 0.236 e. The van der Waals surface area contributed by atoms with E-state index in [1.54, 1.807) is 11.1 Å². The van der Waals surface area contributed by atoms with E-state index in [-0.39, 0.29) is 17.7 Å². The Morgan fingerprint density at radius 2 is 2.32 bits per heavy atom. The molecular weight excluding hydrogens is 280 g/mol. The average Bonchev–Trinajstić information content (AvgIpc) is 2.98. The lowest BCUT2D eigenvalue weighted by Gasteiger charge is -2.21. The van der Waals surface area contributed by atoms with E-state index in [4.69, 9.17) is 0 Å². The fourth-order valence-corrected chi connectivity index (χ4v) is 2.71. The highest BCUT2D eigenvalue weighted by Crippen LogP contribution is 2.16. The Bertz CT molecular complexity index is 506. The SMILES string of the molecule is CCNC(=O)[C@@H]1CCN(C(=O)CN(C)Cc2cccnc2)C1. The van der Waals surface area contributed by atoms with E-state index in [0.717, 1.165) is 12.0 Å². The van der Waals surface area contributed by atoms with Gasteiger partial charge < -0.3 is 10.2 Å². The number of hydrogen-bond donors (Lipinski definition) is 1. The lowest BCUT2D eigenvalue weighted by molar-refractivity contribution is -0.131. The first-order valence-electron chi connectivity index (χ1n) is 7.73. The molecule has 1 N–H and O–H groups in total. The molecule has 6 heteroatoms. The first kappa shape index (κ1) is 16.4. The third-order valence-corrected chi connectivity index (χ3v) is 3.84. The zero-order valence-corrected chi connectivity index (χ0v) is 13.3. The summed E-state index contributed by atoms with van der Waals surface area (Å²) in [5.74, 6) is 0.0761. The number of rotatable bonds is 6. The summed E-state index contributed by atoms with van der Waals surface area (Å²) in [5, 5.41) is 2.83. The van der Waals surface area contributed by atoms with Crippen LogP contribution in [0.2, 0.25) is 0 Å². The number of nitrogens with zero attached hydrogens (tertiary/aromatic N) is 3. The molecule has 0 bridgehead atoms. The van der Waals surface area contributed by atoms with Gasteiger partial charge in [0.15, 0.2) is 0 Å². The molecule has 2 heterocycles. The van der Waals surface area contributed by atoms with Crippen LogP contribution < -0.4 is 5.32 Å². The number of nitrogens with one attached hydrogen (secondary N) is 1. The highest BCUT2D eigenvalue weighted by atomic mass is 16.2. The molecule has 2 rings (SSSR count). The standard InChI is InChI=1S/C16H24N4O2/c1-3-18-16(22)14-6-8-20(11-14)15(21)12-19(2)10-13-5-4-7-17-9-13/h4-5,7,9,14H,3,6,8,10-12H2,1-2H3,(H,18,22)/t14-/m1/s1. The van der Waals surface area contributed by atoms with Gasteiger partial charge in [0.05, 0.1) is 12.5 Å². The normalized spacial score (nSPS) is 17.8. The summed E-state index contributed by atoms with van der Waals surface area (Å²) in [4.78, 5) is 32.0. The van der Waals surface area contributed by atoms with Crippen LogP contribution in [0, 0.1) is 5.92 Å². The van der Waals surface area contributed by atoms with Crippen LogP contribution in [0.4, 0.5) is 0 Å². The number of carbonyl (C=O) groups is 2. The van der Waals surface area contributed by atoms with E-state index in [0.29, 0.717) is 32.7 Å². The first-order chi connectivity index (χ1) is 10.6. The summed E-state index contributed by atoms with van der Waals surface area (Å²) in [7, 11) is 1.92. The molecule has 1 fully saturated rings. The van der Waals surface area contributed by atoms with Crippen molar-refractivity contribution in [3.8, 4) is 0 Å². The lowest BCUT2D eigenvalue weighted by Crippen LogP contribution is -2.39. The van der Waals surface area contributed by atoms with Crippen molar-refractivity contribution in [2.45, 2.75) is 19.9 Å². The first-order valence-corrected chi connectivity index (χ1v) is 7.73. The molecule has 0 saturated carbocycles. The van der Waals surface area contributed by atoms with Crippen molar-refractivity contribution >= 4 is 11.8 Å². The van der Waals surface area contributed by atoms with Crippen LogP contribution in [0.15, 0.2) is 24.5 Å². The molecule has 0 radical (unpaired) electrons. The number of amides is 2. The van der Waals surface area contributed by atoms with Crippen molar-refractivity contribution < 1.29 is 9.59 Å². The highest BCUT2D eigenvalue weighted by molar-refractivity contribution is 5.82. The third kappa shape index (κ3) is 4.53. The number of likely N-dealkylation sites (N-methyl/N-ethyl adjacent to an activating group) is 1. The third-order valence-electron chi connectivity index (χ3n) is 3.84. The molecule has 1 atom stereocenters. The van der Waals surface area contributed by atoms with E-state index in [9.17, 15) is 9.59 Å². The minimum Gasteiger partial charge on any atom is -0.356 e. The summed E-state index contributed by atoms with van der Waals surface area (Å²) in [6.45, 7) is 4.79. The van der Waals surface area contributed by atoms with Crippen molar-refractivity contribution in [2.24, 2.45) is 5.92 Å². The van der Waals surface area contributed by atoms with Crippen LogP contribution in [-0.2, 0) is 16.1 Å². The molecule has 1 aromatic rings. The van der Waals surface area contributed by atoms with Gasteiger partial charge in [0.1, 0.15) is 0 Å². The van der Waals surface area contributed by atoms with Crippen LogP contribution in [-0.4, -0.2) is 59.8 Å². The second kappa shape index (κ2) is 7.89. The Balaban J connectivity index is 1.79. The predicted octanol–water partition coefficient (Wildman–Crippen LogP) is 0.498. The maximum atomic E-state index is 12.3. The van der Waals surface area contributed by atoms with E-state index >= 15 is 0 Å². The zero-order chi connectivity index (χ0) is 15.9. The van der Waals surface area contributed by atoms with Gasteiger partial charge in [-0.05, 0) is 32.0 Å². The van der Waals surface area contributed by atoms with Crippen molar-refractivity contribution in [1.82, 2.24) is 20.1 Å². The fourth-order valence-electron chi connectivity index (χ4n) is 2.71. The Labute approximate surface area is 131 Å². The predicted molar refractivity (Wildman–Crippen MR) is 83.9 cm³/mol. The molecule has 1 saturated heterocycles. The van der Waals surface area contributed by atoms with Crippen molar-refractivity contribution in [3.63, 3.8) is 0 Å². The molecule has 120 valence electrons. The largest absolute Gasteiger partial charge is 0.356 e. The molecule has 0 aliphatic carbocycles. The molecule has 6 nitrogen and oxygen atoms in total. The van der Waals surface area contributed by atoms with Gasteiger partial charge >= 0.3 is 0 Å². The minimum atomic E-state index is -0.0625. The van der Waals surface area contributed by atoms with Crippen molar-refractivity contribution in [3.05, 3.63) is 30.1 Å². The van der Waals surface area contributed by atoms with Gasteiger partial charge in [-0.2, -0.15) is 0 Å². The summed E-state index contributed by atoms with van der Waals surface area (Å²) < 4.78 is 0. The quantitative estimate of drug-likeness (QED) is 0.831. The number of carbonyl (C=O) groups excluding carboxylic acids is 2. The van der Waals surface area contributed by atoms with E-state index in [1.165, 1.54) is 0 Å². The van der Waals surface area contributed by atoms with Gasteiger partial charge in [0, 0.05) is 38.6 Å². The number of hydrogen-bond acceptors (Lipinski definition) is 4. The summed E-state index contributed by atoms with van der Waals surface area (Å²) >= 11 is 0. The van der Waals surface area contributed by atoms with Crippen molar-refractivity contribution in [2.75, 3.05) is 33.2 Å². The monoisotopic (exact) mass is 304 g/mol. The summed E-state index contributed by atoms with van der Waals surface area (Å²) in [6.07, 6.45) is 4.30. The maximum absolute atomic E-state index is 12.3. The average molecular weight is 304 g/mol. The van der Waals surface area contributed by atoms with E-state index in [2.05, 4.69) is 10.3 Å². The minimum absolute atomic E-state index is 0.0570. The summed E-state index contributed by atoms with van der Waals surface area (Å²) in [5.41, 5.74) is 1.08. The molecule has 22 heavy (non-hydrogen) atoms. The Hall–Kier alpha value is -1.95. The molecule has 0 aromatic carbocycles. The summed E-state index contributed by atoms with van der Waals surface area (Å²) in [6, 6.07) is 3.89. The van der Waals surface area contributed by atoms with Gasteiger partial charge in [0.25, 0.3) is 0 Å². The molecular formula is C16H24N4O2. The van der Waals surface area contributed by atoms with Gasteiger partial charge in [-0.3, -0.25) is 19.5 Å². The van der Waals surface area contributed by atoms with Crippen LogP contribution in [0.25, 0.3) is 0 Å². The smallest absolute Gasteiger partial charge is 0.236 e. The fraction of sp³-hybridized carbons (Fsp3) is 0.562. The van der Waals surface area contributed by atoms with Gasteiger partial charge in [-0.15, -0.1) is 0 Å². The second-order valence-electron chi connectivity index (χ2n) is 5.75. The second-order valence-corrected chi connectivity index (χ2v) is 5.75. The number of aromatic nitrogens is 1. The molecule has 1 aromatic heterocycles. The van der Waals surface area contributed by atoms with Gasteiger partial charge in [-0.1, -0.05) is 6.07 Å². The van der Waals surface area contributed by atoms with E-state index in [1.807, 2.05) is 37.2 Å². The molecule has 2 amide bonds. The molecule has 0 spiro atoms. The van der Waals surface area contributed by atoms with Gasteiger partial charge in [0.2, 0.25) is 11.8 Å². The Morgan fingerprint density at radius 3 is 3.00 bits per heavy atom. The van der Waals surface area contributed by atoms with E-state index < -0.39 is 0 Å². The molecule has 1 aliphatic rings. The number of likely N-dealkylation sites (tertiary alicyclic amines) is 1. The topological polar surface area (TPSA) is 65.5 Å². The number of pyridine rings is 1. The van der Waals surface area contributed by atoms with Crippen LogP contribution >= 0.6 is 0 Å². The lowest BCUT2D eigenvalue weighted by atomic mass is 10.1. The van der Waals surface area contributed by atoms with Crippen LogP contribution in [0.1, 0.15) is 18.9 Å². The van der Waals surface area contributed by atoms with Crippen molar-refractivity contribution in [1.29, 1.82) is 0 Å². The highest BCUT2D eigenvalue weighted by Gasteiger charge is 2.30. The van der Waals surface area contributed by atoms with Gasteiger partial charge in [-0.25, -0.2) is 0 Å². The Morgan fingerprint density at radius 1 is 1.50 bits per heavy atom. The molecule has 0 unspecified atom stereocenters.